The van der Waals surface area contributed by atoms with Crippen LogP contribution >= 0.6 is 0 Å². The van der Waals surface area contributed by atoms with Crippen LogP contribution in [-0.4, -0.2) is 9.13 Å². The molecule has 1 unspecified atom stereocenters. The molecule has 0 bridgehead atoms. The molecule has 0 N–H and O–H groups in total. The Balaban J connectivity index is 1.21. The number of nitrogens with zero attached hydrogens (tertiary/aromatic N) is 2. The third-order valence-electron chi connectivity index (χ3n) is 12.1. The molecule has 1 aliphatic rings. The van der Waals surface area contributed by atoms with Crippen LogP contribution in [0.5, 0.6) is 0 Å². The van der Waals surface area contributed by atoms with Crippen molar-refractivity contribution in [3.05, 3.63) is 242 Å². The van der Waals surface area contributed by atoms with Crippen LogP contribution < -0.4 is 0 Å². The van der Waals surface area contributed by atoms with E-state index in [1.54, 1.807) is 0 Å². The maximum absolute atomic E-state index is 2.49. The monoisotopic (exact) mass is 766 g/mol. The van der Waals surface area contributed by atoms with Gasteiger partial charge in [-0.3, -0.25) is 0 Å². The van der Waals surface area contributed by atoms with Crippen LogP contribution in [0, 0.1) is 0 Å². The van der Waals surface area contributed by atoms with E-state index in [4.69, 9.17) is 0 Å². The van der Waals surface area contributed by atoms with Crippen molar-refractivity contribution in [1.29, 1.82) is 0 Å². The van der Waals surface area contributed by atoms with Crippen molar-refractivity contribution in [3.63, 3.8) is 0 Å². The van der Waals surface area contributed by atoms with Crippen molar-refractivity contribution >= 4 is 21.5 Å². The van der Waals surface area contributed by atoms with E-state index < -0.39 is 0 Å². The van der Waals surface area contributed by atoms with E-state index in [2.05, 4.69) is 246 Å². The summed E-state index contributed by atoms with van der Waals surface area (Å²) in [7, 11) is 0. The van der Waals surface area contributed by atoms with Crippen molar-refractivity contribution in [2.24, 2.45) is 0 Å². The van der Waals surface area contributed by atoms with Gasteiger partial charge in [0, 0.05) is 22.9 Å². The Morgan fingerprint density at radius 1 is 0.383 bits per heavy atom. The maximum atomic E-state index is 2.49. The van der Waals surface area contributed by atoms with Gasteiger partial charge in [-0.2, -0.15) is 0 Å². The quantitative estimate of drug-likeness (QED) is 0.136. The fraction of sp³-hybridized carbons (Fsp3) is 0.0345. The van der Waals surface area contributed by atoms with Crippen LogP contribution in [0.25, 0.3) is 88.9 Å². The fourth-order valence-electron chi connectivity index (χ4n) is 9.25. The lowest BCUT2D eigenvalue weighted by atomic mass is 9.88. The number of rotatable bonds is 8. The highest BCUT2D eigenvalue weighted by Crippen LogP contribution is 2.46. The van der Waals surface area contributed by atoms with Crippen LogP contribution in [0.3, 0.4) is 0 Å². The number of allylic oxidation sites excluding steroid dienone is 4. The highest BCUT2D eigenvalue weighted by Gasteiger charge is 2.23. The van der Waals surface area contributed by atoms with E-state index in [9.17, 15) is 0 Å². The Morgan fingerprint density at radius 2 is 0.900 bits per heavy atom. The summed E-state index contributed by atoms with van der Waals surface area (Å²) in [5.74, 6) is 0.298. The molecule has 0 fully saturated rings. The lowest BCUT2D eigenvalue weighted by Crippen LogP contribution is -2.07. The molecule has 8 aromatic carbocycles. The normalized spacial score (nSPS) is 13.6. The third-order valence-corrected chi connectivity index (χ3v) is 12.1. The molecule has 1 atom stereocenters. The minimum Gasteiger partial charge on any atom is -0.313 e. The van der Waals surface area contributed by atoms with Gasteiger partial charge in [-0.25, -0.2) is 0 Å². The molecular weight excluding hydrogens is 725 g/mol. The first-order valence-corrected chi connectivity index (χ1v) is 20.9. The SMILES string of the molecule is C1=CCC(c2ccc(-c3ccccc3)n2-c2ccc3cc4c(-c5ccccc5)c(-n5c(-c6ccccc6)ccc5-c5ccccc5)cc(-c5ccccc5)c4cc3c2)C=C1. The first-order valence-electron chi connectivity index (χ1n) is 20.9. The molecule has 0 saturated carbocycles. The van der Waals surface area contributed by atoms with Gasteiger partial charge in [-0.1, -0.05) is 182 Å². The molecule has 11 rings (SSSR count). The van der Waals surface area contributed by atoms with Crippen molar-refractivity contribution in [2.75, 3.05) is 0 Å². The molecule has 60 heavy (non-hydrogen) atoms. The summed E-state index contributed by atoms with van der Waals surface area (Å²) in [6, 6.07) is 77.7. The van der Waals surface area contributed by atoms with Gasteiger partial charge in [-0.15, -0.1) is 0 Å². The number of benzene rings is 8. The van der Waals surface area contributed by atoms with Gasteiger partial charge in [0.15, 0.2) is 0 Å². The summed E-state index contributed by atoms with van der Waals surface area (Å²) < 4.78 is 4.96. The Labute approximate surface area is 351 Å². The summed E-state index contributed by atoms with van der Waals surface area (Å²) in [6.07, 6.45) is 9.94. The molecule has 284 valence electrons. The zero-order valence-corrected chi connectivity index (χ0v) is 33.2. The first kappa shape index (κ1) is 35.5. The largest absolute Gasteiger partial charge is 0.313 e. The maximum Gasteiger partial charge on any atom is 0.0553 e. The number of aromatic nitrogens is 2. The lowest BCUT2D eigenvalue weighted by Gasteiger charge is -2.23. The predicted molar refractivity (Wildman–Crippen MR) is 253 cm³/mol. The van der Waals surface area contributed by atoms with Gasteiger partial charge < -0.3 is 9.13 Å². The topological polar surface area (TPSA) is 9.86 Å². The van der Waals surface area contributed by atoms with E-state index in [1.807, 2.05) is 0 Å². The fourth-order valence-corrected chi connectivity index (χ4v) is 9.25. The van der Waals surface area contributed by atoms with Crippen molar-refractivity contribution in [2.45, 2.75) is 12.3 Å². The highest BCUT2D eigenvalue weighted by atomic mass is 15.0. The van der Waals surface area contributed by atoms with Crippen LogP contribution in [-0.2, 0) is 0 Å². The Bertz CT molecular complexity index is 3130. The first-order chi connectivity index (χ1) is 29.8. The van der Waals surface area contributed by atoms with Gasteiger partial charge in [0.2, 0.25) is 0 Å². The smallest absolute Gasteiger partial charge is 0.0553 e. The van der Waals surface area contributed by atoms with Crippen molar-refractivity contribution in [1.82, 2.24) is 9.13 Å². The Morgan fingerprint density at radius 3 is 1.47 bits per heavy atom. The zero-order chi connectivity index (χ0) is 39.8. The molecular formula is C58H42N2. The molecule has 0 amide bonds. The highest BCUT2D eigenvalue weighted by molar-refractivity contribution is 6.13. The van der Waals surface area contributed by atoms with Gasteiger partial charge >= 0.3 is 0 Å². The number of hydrogen-bond donors (Lipinski definition) is 0. The average molecular weight is 767 g/mol. The molecule has 10 aromatic rings. The second kappa shape index (κ2) is 15.2. The van der Waals surface area contributed by atoms with Gasteiger partial charge in [0.05, 0.1) is 22.8 Å². The average Bonchev–Trinajstić information content (AvgIpc) is 3.98. The van der Waals surface area contributed by atoms with Crippen molar-refractivity contribution < 1.29 is 0 Å². The molecule has 1 aliphatic carbocycles. The third kappa shape index (κ3) is 6.31. The zero-order valence-electron chi connectivity index (χ0n) is 33.2. The van der Waals surface area contributed by atoms with Crippen LogP contribution in [0.2, 0.25) is 0 Å². The number of hydrogen-bond acceptors (Lipinski definition) is 0. The van der Waals surface area contributed by atoms with Gasteiger partial charge in [-0.05, 0) is 116 Å². The Kier molecular flexibility index (Phi) is 9.02. The van der Waals surface area contributed by atoms with E-state index in [1.165, 1.54) is 71.9 Å². The van der Waals surface area contributed by atoms with E-state index in [-0.39, 0.29) is 0 Å². The molecule has 0 saturated heterocycles. The molecule has 2 aromatic heterocycles. The summed E-state index contributed by atoms with van der Waals surface area (Å²) in [5.41, 5.74) is 15.4. The van der Waals surface area contributed by atoms with Crippen molar-refractivity contribution in [3.8, 4) is 67.4 Å². The molecule has 0 aliphatic heterocycles. The predicted octanol–water partition coefficient (Wildman–Crippen LogP) is 15.5. The minimum absolute atomic E-state index is 0.298. The van der Waals surface area contributed by atoms with E-state index >= 15 is 0 Å². The van der Waals surface area contributed by atoms with Crippen LogP contribution in [0.4, 0.5) is 0 Å². The second-order valence-electron chi connectivity index (χ2n) is 15.7. The molecule has 0 spiro atoms. The summed E-state index contributed by atoms with van der Waals surface area (Å²) >= 11 is 0. The minimum atomic E-state index is 0.298. The molecule has 2 nitrogen and oxygen atoms in total. The van der Waals surface area contributed by atoms with Gasteiger partial charge in [0.1, 0.15) is 0 Å². The van der Waals surface area contributed by atoms with E-state index in [0.717, 1.165) is 29.2 Å². The van der Waals surface area contributed by atoms with Crippen LogP contribution in [0.1, 0.15) is 18.0 Å². The lowest BCUT2D eigenvalue weighted by molar-refractivity contribution is 0.786. The molecule has 2 heterocycles. The van der Waals surface area contributed by atoms with Gasteiger partial charge in [0.25, 0.3) is 0 Å². The second-order valence-corrected chi connectivity index (χ2v) is 15.7. The van der Waals surface area contributed by atoms with E-state index in [0.29, 0.717) is 5.92 Å². The summed E-state index contributed by atoms with van der Waals surface area (Å²) in [6.45, 7) is 0. The van der Waals surface area contributed by atoms with Crippen LogP contribution in [0.15, 0.2) is 237 Å². The molecule has 2 heteroatoms. The standard InChI is InChI=1S/C58H42N2/c1-7-19-41(20-8-1)50-40-57(60-55(44-25-13-4-14-26-44)35-36-56(60)45-27-15-5-16-28-45)58(46-29-17-6-18-30-46)52-38-47-31-32-49(37-48(47)39-51(50)52)59-53(42-21-9-2-10-22-42)33-34-54(59)43-23-11-3-12-24-43/h1-23,25-40,43H,24H2. The summed E-state index contributed by atoms with van der Waals surface area (Å²) in [4.78, 5) is 0. The Hall–Kier alpha value is -7.68. The summed E-state index contributed by atoms with van der Waals surface area (Å²) in [5, 5.41) is 4.85. The number of fused-ring (bicyclic) bond motifs is 2. The molecule has 0 radical (unpaired) electrons.